The normalized spacial score (nSPS) is 26.1. The number of piperidine rings is 1. The standard InChI is InChI=1S/C33H40N2O9/c1-38-19-7-8-20-21-9-10-35-16-18-13-27(44-32(36)17-11-25(39-2)30(41-4)26(12-17)40-3)31(42-5)28(33(37)43-6)22(18)15-24(35)29(21)34-23(20)14-19/h7-8,11-12,14,18,22,24,27-28,31,34H,9-10,13,15-16H2,1-6H3/t18-,22+,24-,27?,28?,31?/m1/s1. The van der Waals surface area contributed by atoms with Gasteiger partial charge in [-0.2, -0.15) is 0 Å². The second kappa shape index (κ2) is 12.2. The number of methoxy groups -OCH3 is 6. The van der Waals surface area contributed by atoms with Crippen LogP contribution in [0.2, 0.25) is 0 Å². The zero-order chi connectivity index (χ0) is 31.1. The van der Waals surface area contributed by atoms with Crippen LogP contribution in [0.5, 0.6) is 23.0 Å². The van der Waals surface area contributed by atoms with Crippen LogP contribution in [0, 0.1) is 17.8 Å². The Bertz CT molecular complexity index is 1530. The number of ether oxygens (including phenoxy) is 7. The van der Waals surface area contributed by atoms with Gasteiger partial charge in [-0.05, 0) is 60.9 Å². The number of aromatic nitrogens is 1. The first kappa shape index (κ1) is 30.1. The fraction of sp³-hybridized carbons (Fsp3) is 0.515. The van der Waals surface area contributed by atoms with Gasteiger partial charge in [0.1, 0.15) is 18.0 Å². The van der Waals surface area contributed by atoms with Gasteiger partial charge in [-0.15, -0.1) is 0 Å². The number of aromatic amines is 1. The van der Waals surface area contributed by atoms with Gasteiger partial charge in [0.25, 0.3) is 0 Å². The van der Waals surface area contributed by atoms with Crippen molar-refractivity contribution in [2.75, 3.05) is 55.7 Å². The Kier molecular flexibility index (Phi) is 8.34. The molecule has 1 aromatic heterocycles. The fourth-order valence-corrected chi connectivity index (χ4v) is 7.76. The molecule has 0 bridgehead atoms. The highest BCUT2D eigenvalue weighted by Crippen LogP contribution is 2.51. The zero-order valence-corrected chi connectivity index (χ0v) is 26.0. The van der Waals surface area contributed by atoms with Crippen molar-refractivity contribution < 1.29 is 42.7 Å². The van der Waals surface area contributed by atoms with Crippen LogP contribution < -0.4 is 18.9 Å². The van der Waals surface area contributed by atoms with Crippen molar-refractivity contribution in [1.82, 2.24) is 9.88 Å². The molecule has 1 aliphatic carbocycles. The molecular formula is C33H40N2O9. The number of carbonyl (C=O) groups is 2. The van der Waals surface area contributed by atoms with Gasteiger partial charge in [0.2, 0.25) is 5.75 Å². The first-order valence-corrected chi connectivity index (χ1v) is 14.9. The average molecular weight is 609 g/mol. The topological polar surface area (TPSA) is 118 Å². The molecule has 0 radical (unpaired) electrons. The minimum atomic E-state index is -0.670. The summed E-state index contributed by atoms with van der Waals surface area (Å²) in [5.41, 5.74) is 3.83. The predicted molar refractivity (Wildman–Crippen MR) is 161 cm³/mol. The van der Waals surface area contributed by atoms with E-state index >= 15 is 0 Å². The molecule has 2 aliphatic heterocycles. The van der Waals surface area contributed by atoms with Gasteiger partial charge in [-0.3, -0.25) is 9.69 Å². The van der Waals surface area contributed by atoms with Crippen LogP contribution in [0.1, 0.15) is 40.5 Å². The van der Waals surface area contributed by atoms with Crippen molar-refractivity contribution >= 4 is 22.8 Å². The molecular weight excluding hydrogens is 568 g/mol. The number of H-pyrrole nitrogens is 1. The molecule has 2 aromatic carbocycles. The van der Waals surface area contributed by atoms with E-state index in [4.69, 9.17) is 33.2 Å². The van der Waals surface area contributed by atoms with Crippen LogP contribution >= 0.6 is 0 Å². The number of nitrogens with one attached hydrogen (secondary N) is 1. The number of benzene rings is 2. The van der Waals surface area contributed by atoms with Gasteiger partial charge < -0.3 is 38.1 Å². The van der Waals surface area contributed by atoms with Crippen LogP contribution in [0.4, 0.5) is 0 Å². The van der Waals surface area contributed by atoms with Crippen molar-refractivity contribution in [3.63, 3.8) is 0 Å². The molecule has 44 heavy (non-hydrogen) atoms. The molecule has 1 saturated carbocycles. The average Bonchev–Trinajstić information content (AvgIpc) is 3.43. The SMILES string of the molecule is COC(=O)C1C(OC)C(OC(=O)c2cc(OC)c(OC)c(OC)c2)C[C@@H]2CN3CCc4c([nH]c5cc(OC)ccc45)[C@H]3C[C@H]12. The lowest BCUT2D eigenvalue weighted by molar-refractivity contribution is -0.176. The van der Waals surface area contributed by atoms with Gasteiger partial charge in [-0.1, -0.05) is 0 Å². The lowest BCUT2D eigenvalue weighted by atomic mass is 9.63. The van der Waals surface area contributed by atoms with E-state index in [9.17, 15) is 9.59 Å². The monoisotopic (exact) mass is 608 g/mol. The van der Waals surface area contributed by atoms with E-state index in [1.165, 1.54) is 45.1 Å². The van der Waals surface area contributed by atoms with Crippen molar-refractivity contribution in [2.24, 2.45) is 17.8 Å². The summed E-state index contributed by atoms with van der Waals surface area (Å²) in [4.78, 5) is 33.1. The second-order valence-corrected chi connectivity index (χ2v) is 11.7. The molecule has 3 unspecified atom stereocenters. The lowest BCUT2D eigenvalue weighted by Crippen LogP contribution is -2.58. The van der Waals surface area contributed by atoms with Crippen molar-refractivity contribution in [1.29, 1.82) is 0 Å². The number of rotatable bonds is 8. The minimum Gasteiger partial charge on any atom is -0.497 e. The third-order valence-electron chi connectivity index (χ3n) is 9.76. The van der Waals surface area contributed by atoms with E-state index < -0.39 is 24.1 Å². The Balaban J connectivity index is 1.29. The molecule has 11 nitrogen and oxygen atoms in total. The van der Waals surface area contributed by atoms with Crippen LogP contribution in [-0.4, -0.2) is 89.8 Å². The summed E-state index contributed by atoms with van der Waals surface area (Å²) in [6.45, 7) is 1.68. The Morgan fingerprint density at radius 3 is 2.30 bits per heavy atom. The third kappa shape index (κ3) is 5.01. The van der Waals surface area contributed by atoms with E-state index in [2.05, 4.69) is 16.0 Å². The summed E-state index contributed by atoms with van der Waals surface area (Å²) in [6, 6.07) is 9.40. The van der Waals surface area contributed by atoms with Crippen LogP contribution in [0.15, 0.2) is 30.3 Å². The fourth-order valence-electron chi connectivity index (χ4n) is 7.76. The maximum absolute atomic E-state index is 13.5. The maximum atomic E-state index is 13.5. The molecule has 236 valence electrons. The smallest absolute Gasteiger partial charge is 0.338 e. The molecule has 0 spiro atoms. The molecule has 0 amide bonds. The van der Waals surface area contributed by atoms with E-state index in [0.29, 0.717) is 23.7 Å². The van der Waals surface area contributed by atoms with Gasteiger partial charge in [-0.25, -0.2) is 4.79 Å². The zero-order valence-electron chi connectivity index (χ0n) is 26.0. The highest BCUT2D eigenvalue weighted by atomic mass is 16.6. The Hall–Kier alpha value is -3.96. The number of carbonyl (C=O) groups excluding carboxylic acids is 2. The number of hydrogen-bond donors (Lipinski definition) is 1. The van der Waals surface area contributed by atoms with E-state index in [1.54, 1.807) is 26.4 Å². The molecule has 11 heteroatoms. The summed E-state index contributed by atoms with van der Waals surface area (Å²) in [7, 11) is 9.10. The highest BCUT2D eigenvalue weighted by molar-refractivity contribution is 5.91. The van der Waals surface area contributed by atoms with Gasteiger partial charge in [0.15, 0.2) is 11.5 Å². The molecule has 3 heterocycles. The molecule has 6 atom stereocenters. The number of esters is 2. The van der Waals surface area contributed by atoms with Crippen molar-refractivity contribution in [3.05, 3.63) is 47.2 Å². The predicted octanol–water partition coefficient (Wildman–Crippen LogP) is 4.17. The number of fused-ring (bicyclic) bond motifs is 6. The van der Waals surface area contributed by atoms with Crippen LogP contribution in [0.3, 0.4) is 0 Å². The number of hydrogen-bond acceptors (Lipinski definition) is 10. The quantitative estimate of drug-likeness (QED) is 0.374. The summed E-state index contributed by atoms with van der Waals surface area (Å²) in [5, 5.41) is 1.21. The van der Waals surface area contributed by atoms with E-state index in [1.807, 2.05) is 12.1 Å². The minimum absolute atomic E-state index is 0.0170. The van der Waals surface area contributed by atoms with Crippen LogP contribution in [0.25, 0.3) is 10.9 Å². The Labute approximate surface area is 256 Å². The summed E-state index contributed by atoms with van der Waals surface area (Å²) >= 11 is 0. The maximum Gasteiger partial charge on any atom is 0.338 e. The lowest BCUT2D eigenvalue weighted by Gasteiger charge is -2.52. The molecule has 2 fully saturated rings. The summed E-state index contributed by atoms with van der Waals surface area (Å²) < 4.78 is 39.1. The molecule has 3 aliphatic rings. The largest absolute Gasteiger partial charge is 0.497 e. The molecule has 1 saturated heterocycles. The van der Waals surface area contributed by atoms with Gasteiger partial charge in [0, 0.05) is 42.9 Å². The van der Waals surface area contributed by atoms with Crippen molar-refractivity contribution in [3.8, 4) is 23.0 Å². The van der Waals surface area contributed by atoms with E-state index in [0.717, 1.165) is 37.2 Å². The second-order valence-electron chi connectivity index (χ2n) is 11.7. The highest BCUT2D eigenvalue weighted by Gasteiger charge is 2.54. The van der Waals surface area contributed by atoms with Crippen LogP contribution in [-0.2, 0) is 25.4 Å². The molecule has 3 aromatic rings. The first-order valence-electron chi connectivity index (χ1n) is 14.9. The summed E-state index contributed by atoms with van der Waals surface area (Å²) in [6.07, 6.45) is 0.920. The first-order chi connectivity index (χ1) is 21.3. The third-order valence-corrected chi connectivity index (χ3v) is 9.76. The van der Waals surface area contributed by atoms with E-state index in [-0.39, 0.29) is 29.4 Å². The molecule has 6 rings (SSSR count). The Morgan fingerprint density at radius 1 is 0.909 bits per heavy atom. The molecule has 1 N–H and O–H groups in total. The van der Waals surface area contributed by atoms with Gasteiger partial charge in [0.05, 0.1) is 53.1 Å². The Morgan fingerprint density at radius 2 is 1.66 bits per heavy atom. The number of nitrogens with zero attached hydrogens (tertiary/aromatic N) is 1. The van der Waals surface area contributed by atoms with Gasteiger partial charge >= 0.3 is 11.9 Å². The summed E-state index contributed by atoms with van der Waals surface area (Å²) in [5.74, 6) is 0.441. The van der Waals surface area contributed by atoms with Crippen molar-refractivity contribution in [2.45, 2.75) is 37.5 Å².